The molecule has 0 radical (unpaired) electrons. The number of hydrogen-bond acceptors (Lipinski definition) is 6. The zero-order valence-electron chi connectivity index (χ0n) is 16.2. The van der Waals surface area contributed by atoms with Crippen LogP contribution in [-0.4, -0.2) is 27.9 Å². The molecule has 6 heteroatoms. The molecule has 0 spiro atoms. The molecule has 1 aromatic heterocycles. The molecule has 2 aromatic carbocycles. The molecular weight excluding hydrogens is 366 g/mol. The van der Waals surface area contributed by atoms with Crippen LogP contribution in [0.4, 0.5) is 0 Å². The summed E-state index contributed by atoms with van der Waals surface area (Å²) in [6.45, 7) is 2.01. The molecule has 0 saturated heterocycles. The number of aryl methyl sites for hydroxylation is 1. The number of hydrogen-bond donors (Lipinski definition) is 1. The van der Waals surface area contributed by atoms with Gasteiger partial charge in [0.15, 0.2) is 11.5 Å². The van der Waals surface area contributed by atoms with Gasteiger partial charge in [0, 0.05) is 23.7 Å². The molecule has 3 aromatic rings. The van der Waals surface area contributed by atoms with Crippen LogP contribution in [0.1, 0.15) is 41.1 Å². The maximum atomic E-state index is 10.4. The van der Waals surface area contributed by atoms with Crippen LogP contribution in [-0.2, 0) is 0 Å². The molecule has 2 aliphatic rings. The van der Waals surface area contributed by atoms with Crippen molar-refractivity contribution in [2.75, 3.05) is 7.11 Å². The lowest BCUT2D eigenvalue weighted by atomic mass is 9.95. The van der Waals surface area contributed by atoms with Gasteiger partial charge in [0.1, 0.15) is 11.4 Å². The van der Waals surface area contributed by atoms with Crippen molar-refractivity contribution in [1.29, 1.82) is 0 Å². The molecule has 0 amide bonds. The first-order chi connectivity index (χ1) is 14.2. The van der Waals surface area contributed by atoms with Gasteiger partial charge < -0.3 is 14.6 Å². The number of hydrazone groups is 1. The topological polar surface area (TPSA) is 67.2 Å². The number of rotatable bonds is 3. The van der Waals surface area contributed by atoms with Crippen LogP contribution in [0.15, 0.2) is 65.9 Å². The predicted octanol–water partition coefficient (Wildman–Crippen LogP) is 4.35. The molecule has 3 heterocycles. The van der Waals surface area contributed by atoms with Crippen LogP contribution in [0.3, 0.4) is 0 Å². The first kappa shape index (κ1) is 17.6. The summed E-state index contributed by atoms with van der Waals surface area (Å²) in [5.41, 5.74) is 4.44. The molecule has 5 rings (SSSR count). The van der Waals surface area contributed by atoms with Gasteiger partial charge in [0.25, 0.3) is 0 Å². The molecule has 0 fully saturated rings. The smallest absolute Gasteiger partial charge is 0.230 e. The van der Waals surface area contributed by atoms with Gasteiger partial charge in [0.05, 0.1) is 18.9 Å². The van der Waals surface area contributed by atoms with Gasteiger partial charge in [-0.05, 0) is 37.3 Å². The number of aromatic hydroxyl groups is 1. The fourth-order valence-corrected chi connectivity index (χ4v) is 4.01. The number of para-hydroxylation sites is 1. The Morgan fingerprint density at radius 2 is 2.03 bits per heavy atom. The summed E-state index contributed by atoms with van der Waals surface area (Å²) in [7, 11) is 1.64. The first-order valence-corrected chi connectivity index (χ1v) is 9.56. The average Bonchev–Trinajstić information content (AvgIpc) is 3.20. The van der Waals surface area contributed by atoms with Crippen molar-refractivity contribution in [1.82, 2.24) is 9.99 Å². The highest BCUT2D eigenvalue weighted by atomic mass is 16.5. The molecule has 0 unspecified atom stereocenters. The number of phenols is 1. The quantitative estimate of drug-likeness (QED) is 0.724. The second kappa shape index (κ2) is 6.81. The van der Waals surface area contributed by atoms with Crippen molar-refractivity contribution in [3.8, 4) is 17.2 Å². The normalized spacial score (nSPS) is 19.8. The van der Waals surface area contributed by atoms with E-state index in [9.17, 15) is 5.11 Å². The Morgan fingerprint density at radius 3 is 2.83 bits per heavy atom. The van der Waals surface area contributed by atoms with E-state index in [1.807, 2.05) is 60.5 Å². The Kier molecular flexibility index (Phi) is 4.12. The fraction of sp³-hybridized carbons (Fsp3) is 0.217. The Bertz CT molecular complexity index is 1100. The van der Waals surface area contributed by atoms with E-state index in [1.54, 1.807) is 19.4 Å². The van der Waals surface area contributed by atoms with E-state index in [1.165, 1.54) is 0 Å². The molecule has 146 valence electrons. The van der Waals surface area contributed by atoms with E-state index < -0.39 is 6.23 Å². The van der Waals surface area contributed by atoms with Crippen LogP contribution in [0.5, 0.6) is 17.2 Å². The predicted molar refractivity (Wildman–Crippen MR) is 109 cm³/mol. The second-order valence-electron chi connectivity index (χ2n) is 7.27. The number of benzene rings is 2. The number of pyridine rings is 1. The minimum Gasteiger partial charge on any atom is -0.507 e. The molecule has 2 atom stereocenters. The van der Waals surface area contributed by atoms with E-state index in [0.717, 1.165) is 33.8 Å². The standard InChI is InChI=1S/C23H21N3O3/c1-14-9-10-20(27)16(12-14)18-13-19-15-6-5-8-21(28-2)22(15)29-23(26(19)25-18)17-7-3-4-11-24-17/h3-12,19,23,27H,13H2,1-2H3/t19-,23+/m1/s1. The number of aromatic nitrogens is 1. The van der Waals surface area contributed by atoms with E-state index in [2.05, 4.69) is 4.98 Å². The van der Waals surface area contributed by atoms with E-state index in [0.29, 0.717) is 12.2 Å². The van der Waals surface area contributed by atoms with E-state index in [-0.39, 0.29) is 11.8 Å². The maximum Gasteiger partial charge on any atom is 0.230 e. The van der Waals surface area contributed by atoms with Gasteiger partial charge >= 0.3 is 0 Å². The molecule has 0 saturated carbocycles. The second-order valence-corrected chi connectivity index (χ2v) is 7.27. The Labute approximate surface area is 169 Å². The summed E-state index contributed by atoms with van der Waals surface area (Å²) in [5.74, 6) is 1.64. The Balaban J connectivity index is 1.64. The molecular formula is C23H21N3O3. The van der Waals surface area contributed by atoms with Crippen LogP contribution in [0, 0.1) is 6.92 Å². The van der Waals surface area contributed by atoms with Gasteiger partial charge in [-0.25, -0.2) is 5.01 Å². The van der Waals surface area contributed by atoms with Crippen LogP contribution in [0.2, 0.25) is 0 Å². The minimum absolute atomic E-state index is 0.0317. The third-order valence-electron chi connectivity index (χ3n) is 5.40. The number of phenolic OH excluding ortho intramolecular Hbond substituents is 1. The van der Waals surface area contributed by atoms with Crippen molar-refractivity contribution in [2.24, 2.45) is 5.10 Å². The Hall–Kier alpha value is -3.54. The first-order valence-electron chi connectivity index (χ1n) is 9.56. The lowest BCUT2D eigenvalue weighted by molar-refractivity contribution is -0.0236. The van der Waals surface area contributed by atoms with Gasteiger partial charge in [-0.1, -0.05) is 29.8 Å². The molecule has 6 nitrogen and oxygen atoms in total. The average molecular weight is 387 g/mol. The lowest BCUT2D eigenvalue weighted by Crippen LogP contribution is -2.34. The summed E-state index contributed by atoms with van der Waals surface area (Å²) in [6, 6.07) is 17.2. The van der Waals surface area contributed by atoms with Crippen molar-refractivity contribution in [2.45, 2.75) is 25.6 Å². The van der Waals surface area contributed by atoms with Crippen molar-refractivity contribution >= 4 is 5.71 Å². The summed E-state index contributed by atoms with van der Waals surface area (Å²) in [6.07, 6.45) is 1.93. The van der Waals surface area contributed by atoms with Gasteiger partial charge in [-0.15, -0.1) is 0 Å². The Morgan fingerprint density at radius 1 is 1.14 bits per heavy atom. The van der Waals surface area contributed by atoms with Gasteiger partial charge in [-0.2, -0.15) is 5.10 Å². The largest absolute Gasteiger partial charge is 0.507 e. The zero-order valence-corrected chi connectivity index (χ0v) is 16.2. The van der Waals surface area contributed by atoms with Crippen molar-refractivity contribution in [3.63, 3.8) is 0 Å². The van der Waals surface area contributed by atoms with Crippen molar-refractivity contribution in [3.05, 3.63) is 83.2 Å². The van der Waals surface area contributed by atoms with E-state index in [4.69, 9.17) is 14.6 Å². The molecule has 0 bridgehead atoms. The third-order valence-corrected chi connectivity index (χ3v) is 5.40. The molecule has 29 heavy (non-hydrogen) atoms. The number of fused-ring (bicyclic) bond motifs is 3. The lowest BCUT2D eigenvalue weighted by Gasteiger charge is -2.38. The van der Waals surface area contributed by atoms with Crippen molar-refractivity contribution < 1.29 is 14.6 Å². The minimum atomic E-state index is -0.477. The zero-order chi connectivity index (χ0) is 20.0. The monoisotopic (exact) mass is 387 g/mol. The summed E-state index contributed by atoms with van der Waals surface area (Å²) in [4.78, 5) is 4.49. The van der Waals surface area contributed by atoms with Crippen LogP contribution in [0.25, 0.3) is 0 Å². The van der Waals surface area contributed by atoms with E-state index >= 15 is 0 Å². The summed E-state index contributed by atoms with van der Waals surface area (Å²) < 4.78 is 11.9. The number of methoxy groups -OCH3 is 1. The molecule has 0 aliphatic carbocycles. The summed E-state index contributed by atoms with van der Waals surface area (Å²) >= 11 is 0. The highest BCUT2D eigenvalue weighted by Gasteiger charge is 2.43. The fourth-order valence-electron chi connectivity index (χ4n) is 4.01. The highest BCUT2D eigenvalue weighted by Crippen LogP contribution is 2.50. The molecule has 1 N–H and O–H groups in total. The van der Waals surface area contributed by atoms with Crippen LogP contribution >= 0.6 is 0 Å². The highest BCUT2D eigenvalue weighted by molar-refractivity contribution is 6.04. The van der Waals surface area contributed by atoms with Gasteiger partial charge in [0.2, 0.25) is 6.23 Å². The van der Waals surface area contributed by atoms with Gasteiger partial charge in [-0.3, -0.25) is 4.98 Å². The van der Waals surface area contributed by atoms with Crippen LogP contribution < -0.4 is 9.47 Å². The number of nitrogens with zero attached hydrogens (tertiary/aromatic N) is 3. The summed E-state index contributed by atoms with van der Waals surface area (Å²) in [5, 5.41) is 17.3. The molecule has 2 aliphatic heterocycles. The third kappa shape index (κ3) is 2.88. The SMILES string of the molecule is COc1cccc2c1O[C@@H](c1ccccn1)N1N=C(c3cc(C)ccc3O)C[C@H]21. The maximum absolute atomic E-state index is 10.4. The number of ether oxygens (including phenoxy) is 2.